The van der Waals surface area contributed by atoms with Crippen LogP contribution in [0.15, 0.2) is 52.4 Å². The smallest absolute Gasteiger partial charge is 0.0884 e. The second kappa shape index (κ2) is 10.9. The first kappa shape index (κ1) is 24.6. The van der Waals surface area contributed by atoms with Crippen LogP contribution in [0.4, 0.5) is 11.4 Å². The summed E-state index contributed by atoms with van der Waals surface area (Å²) < 4.78 is 0. The molecule has 0 spiro atoms. The van der Waals surface area contributed by atoms with Crippen molar-refractivity contribution in [3.05, 3.63) is 87.2 Å². The maximum absolute atomic E-state index is 5.37. The summed E-state index contributed by atoms with van der Waals surface area (Å²) in [5.41, 5.74) is 14.9. The molecule has 0 N–H and O–H groups in total. The van der Waals surface area contributed by atoms with Crippen molar-refractivity contribution in [2.24, 2.45) is 9.98 Å². The molecule has 2 aliphatic carbocycles. The first-order valence-electron chi connectivity index (χ1n) is 14.1. The molecule has 3 heteroatoms. The number of pyridine rings is 1. The summed E-state index contributed by atoms with van der Waals surface area (Å²) in [5.74, 6) is 0. The summed E-state index contributed by atoms with van der Waals surface area (Å²) >= 11 is 0. The van der Waals surface area contributed by atoms with Crippen molar-refractivity contribution in [3.8, 4) is 0 Å². The normalized spacial score (nSPS) is 17.3. The van der Waals surface area contributed by atoms with Gasteiger partial charge in [-0.25, -0.2) is 4.98 Å². The first-order chi connectivity index (χ1) is 17.7. The zero-order valence-corrected chi connectivity index (χ0v) is 22.5. The Bertz CT molecular complexity index is 1190. The van der Waals surface area contributed by atoms with E-state index in [1.165, 1.54) is 44.8 Å². The number of hydrogen-bond donors (Lipinski definition) is 0. The minimum atomic E-state index is 0.991. The lowest BCUT2D eigenvalue weighted by Gasteiger charge is -2.24. The van der Waals surface area contributed by atoms with Crippen molar-refractivity contribution < 1.29 is 0 Å². The highest BCUT2D eigenvalue weighted by Crippen LogP contribution is 2.33. The van der Waals surface area contributed by atoms with Crippen LogP contribution >= 0.6 is 0 Å². The number of rotatable bonds is 6. The van der Waals surface area contributed by atoms with E-state index >= 15 is 0 Å². The van der Waals surface area contributed by atoms with E-state index < -0.39 is 0 Å². The van der Waals surface area contributed by atoms with E-state index in [4.69, 9.17) is 15.0 Å². The van der Waals surface area contributed by atoms with Crippen LogP contribution < -0.4 is 0 Å². The molecule has 0 unspecified atom stereocenters. The fourth-order valence-electron chi connectivity index (χ4n) is 5.82. The van der Waals surface area contributed by atoms with E-state index in [1.807, 2.05) is 0 Å². The largest absolute Gasteiger partial charge is 0.251 e. The number of hydrogen-bond acceptors (Lipinski definition) is 3. The Kier molecular flexibility index (Phi) is 7.46. The Morgan fingerprint density at radius 2 is 0.972 bits per heavy atom. The van der Waals surface area contributed by atoms with Crippen LogP contribution in [0.2, 0.25) is 0 Å². The minimum Gasteiger partial charge on any atom is -0.251 e. The molecule has 0 bridgehead atoms. The monoisotopic (exact) mass is 477 g/mol. The topological polar surface area (TPSA) is 37.6 Å². The Balaban J connectivity index is 1.64. The second-order valence-electron chi connectivity index (χ2n) is 10.1. The highest BCUT2D eigenvalue weighted by molar-refractivity contribution is 6.06. The number of aromatic nitrogens is 1. The standard InChI is InChI=1S/C33H39N3/c1-5-22-13-9-14-23(6-2)30(22)34-28-19-11-17-26-21-27-18-12-20-29(33(27)36-32(26)28)35-31-24(7-3)15-10-16-25(31)8-4/h9-10,13-16,21H,5-8,11-12,17-20H2,1-4H3. The van der Waals surface area contributed by atoms with E-state index in [1.54, 1.807) is 0 Å². The summed E-state index contributed by atoms with van der Waals surface area (Å²) in [5, 5.41) is 0. The third-order valence-electron chi connectivity index (χ3n) is 7.87. The van der Waals surface area contributed by atoms with Crippen LogP contribution in [-0.2, 0) is 38.5 Å². The SMILES string of the molecule is CCc1cccc(CC)c1N=C1CCCc2cc3c(nc21)C(=Nc1c(CC)cccc1CC)CCC3. The van der Waals surface area contributed by atoms with Crippen molar-refractivity contribution in [2.45, 2.75) is 91.9 Å². The number of aryl methyl sites for hydroxylation is 6. The summed E-state index contributed by atoms with van der Waals surface area (Å²) in [7, 11) is 0. The van der Waals surface area contributed by atoms with Gasteiger partial charge in [0.25, 0.3) is 0 Å². The lowest BCUT2D eigenvalue weighted by molar-refractivity contribution is 0.791. The fourth-order valence-corrected chi connectivity index (χ4v) is 5.82. The van der Waals surface area contributed by atoms with Crippen molar-refractivity contribution in [1.82, 2.24) is 4.98 Å². The molecule has 2 aliphatic rings. The zero-order chi connectivity index (χ0) is 25.1. The maximum atomic E-state index is 5.37. The van der Waals surface area contributed by atoms with Gasteiger partial charge in [-0.15, -0.1) is 0 Å². The molecule has 2 aromatic carbocycles. The highest BCUT2D eigenvalue weighted by atomic mass is 14.9. The van der Waals surface area contributed by atoms with Gasteiger partial charge in [-0.1, -0.05) is 70.2 Å². The Morgan fingerprint density at radius 1 is 0.583 bits per heavy atom. The van der Waals surface area contributed by atoms with Crippen molar-refractivity contribution in [1.29, 1.82) is 0 Å². The zero-order valence-electron chi connectivity index (χ0n) is 22.5. The predicted molar refractivity (Wildman–Crippen MR) is 153 cm³/mol. The van der Waals surface area contributed by atoms with E-state index in [0.29, 0.717) is 0 Å². The average molecular weight is 478 g/mol. The lowest BCUT2D eigenvalue weighted by atomic mass is 9.87. The first-order valence-corrected chi connectivity index (χ1v) is 14.1. The van der Waals surface area contributed by atoms with Crippen LogP contribution in [0, 0.1) is 0 Å². The van der Waals surface area contributed by atoms with Crippen LogP contribution in [0.1, 0.15) is 98.1 Å². The quantitative estimate of drug-likeness (QED) is 0.352. The van der Waals surface area contributed by atoms with Crippen LogP contribution in [-0.4, -0.2) is 16.4 Å². The minimum absolute atomic E-state index is 0.991. The number of nitrogens with zero attached hydrogens (tertiary/aromatic N) is 3. The number of para-hydroxylation sites is 2. The molecule has 0 saturated carbocycles. The Morgan fingerprint density at radius 3 is 1.33 bits per heavy atom. The molecule has 3 aromatic rings. The molecule has 1 aromatic heterocycles. The molecule has 186 valence electrons. The molecule has 0 amide bonds. The molecule has 0 fully saturated rings. The van der Waals surface area contributed by atoms with Crippen LogP contribution in [0.5, 0.6) is 0 Å². The second-order valence-corrected chi connectivity index (χ2v) is 10.1. The molecule has 1 heterocycles. The van der Waals surface area contributed by atoms with E-state index in [0.717, 1.165) is 87.0 Å². The van der Waals surface area contributed by atoms with Crippen LogP contribution in [0.25, 0.3) is 0 Å². The summed E-state index contributed by atoms with van der Waals surface area (Å²) in [4.78, 5) is 16.0. The van der Waals surface area contributed by atoms with Gasteiger partial charge < -0.3 is 0 Å². The highest BCUT2D eigenvalue weighted by Gasteiger charge is 2.25. The molecule has 36 heavy (non-hydrogen) atoms. The van der Waals surface area contributed by atoms with Crippen molar-refractivity contribution >= 4 is 22.8 Å². The average Bonchev–Trinajstić information content (AvgIpc) is 2.92. The Hall–Kier alpha value is -3.07. The molecule has 0 radical (unpaired) electrons. The number of aliphatic imine (C=N–C) groups is 2. The summed E-state index contributed by atoms with van der Waals surface area (Å²) in [6.45, 7) is 8.90. The van der Waals surface area contributed by atoms with Crippen molar-refractivity contribution in [2.75, 3.05) is 0 Å². The number of fused-ring (bicyclic) bond motifs is 2. The molecule has 0 atom stereocenters. The van der Waals surface area contributed by atoms with Gasteiger partial charge in [0, 0.05) is 0 Å². The molecular formula is C33H39N3. The Labute approximate surface area is 216 Å². The van der Waals surface area contributed by atoms with Gasteiger partial charge in [0.1, 0.15) is 0 Å². The third-order valence-corrected chi connectivity index (χ3v) is 7.87. The lowest BCUT2D eigenvalue weighted by Crippen LogP contribution is -2.21. The molecule has 3 nitrogen and oxygen atoms in total. The number of benzene rings is 2. The van der Waals surface area contributed by atoms with E-state index in [-0.39, 0.29) is 0 Å². The third kappa shape index (κ3) is 4.68. The molecule has 0 saturated heterocycles. The predicted octanol–water partition coefficient (Wildman–Crippen LogP) is 8.25. The van der Waals surface area contributed by atoms with Gasteiger partial charge >= 0.3 is 0 Å². The van der Waals surface area contributed by atoms with Gasteiger partial charge in [-0.05, 0) is 97.6 Å². The van der Waals surface area contributed by atoms with Gasteiger partial charge in [0.15, 0.2) is 0 Å². The van der Waals surface area contributed by atoms with E-state index in [2.05, 4.69) is 70.2 Å². The van der Waals surface area contributed by atoms with Crippen molar-refractivity contribution in [3.63, 3.8) is 0 Å². The van der Waals surface area contributed by atoms with Gasteiger partial charge in [-0.3, -0.25) is 9.98 Å². The molecule has 0 aliphatic heterocycles. The summed E-state index contributed by atoms with van der Waals surface area (Å²) in [6.07, 6.45) is 10.5. The maximum Gasteiger partial charge on any atom is 0.0884 e. The molecule has 5 rings (SSSR count). The van der Waals surface area contributed by atoms with Gasteiger partial charge in [0.2, 0.25) is 0 Å². The van der Waals surface area contributed by atoms with Gasteiger partial charge in [-0.2, -0.15) is 0 Å². The summed E-state index contributed by atoms with van der Waals surface area (Å²) in [6, 6.07) is 15.7. The van der Waals surface area contributed by atoms with Gasteiger partial charge in [0.05, 0.1) is 34.2 Å². The molecular weight excluding hydrogens is 438 g/mol. The van der Waals surface area contributed by atoms with E-state index in [9.17, 15) is 0 Å². The van der Waals surface area contributed by atoms with Crippen LogP contribution in [0.3, 0.4) is 0 Å². The fraction of sp³-hybridized carbons (Fsp3) is 0.424.